The Labute approximate surface area is 157 Å². The summed E-state index contributed by atoms with van der Waals surface area (Å²) in [5.74, 6) is 0.581. The van der Waals surface area contributed by atoms with Gasteiger partial charge in [0.1, 0.15) is 5.82 Å². The van der Waals surface area contributed by atoms with Crippen molar-refractivity contribution in [3.8, 4) is 11.4 Å². The maximum Gasteiger partial charge on any atom is 0.255 e. The van der Waals surface area contributed by atoms with E-state index in [0.29, 0.717) is 11.3 Å². The van der Waals surface area contributed by atoms with E-state index in [-0.39, 0.29) is 5.91 Å². The van der Waals surface area contributed by atoms with Crippen LogP contribution in [0.25, 0.3) is 22.4 Å². The lowest BCUT2D eigenvalue weighted by molar-refractivity contribution is 0.102. The van der Waals surface area contributed by atoms with Crippen LogP contribution >= 0.6 is 0 Å². The van der Waals surface area contributed by atoms with Crippen LogP contribution < -0.4 is 11.1 Å². The second kappa shape index (κ2) is 6.61. The predicted octanol–water partition coefficient (Wildman–Crippen LogP) is 4.68. The van der Waals surface area contributed by atoms with E-state index in [4.69, 9.17) is 5.73 Å². The molecule has 0 saturated carbocycles. The number of benzene rings is 3. The van der Waals surface area contributed by atoms with Gasteiger partial charge in [0.25, 0.3) is 5.91 Å². The summed E-state index contributed by atoms with van der Waals surface area (Å²) in [4.78, 5) is 20.6. The number of aryl methyl sites for hydroxylation is 2. The molecule has 27 heavy (non-hydrogen) atoms. The van der Waals surface area contributed by atoms with Crippen molar-refractivity contribution in [2.24, 2.45) is 0 Å². The number of carbonyl (C=O) groups is 1. The van der Waals surface area contributed by atoms with Gasteiger partial charge in [0.05, 0.1) is 11.0 Å². The fourth-order valence-corrected chi connectivity index (χ4v) is 2.97. The number of nitrogens with two attached hydrogens (primary N) is 1. The molecule has 4 rings (SSSR count). The third-order valence-corrected chi connectivity index (χ3v) is 4.69. The Kier molecular flexibility index (Phi) is 4.12. The molecule has 3 aromatic carbocycles. The number of aromatic amines is 1. The summed E-state index contributed by atoms with van der Waals surface area (Å²) in [7, 11) is 0. The zero-order chi connectivity index (χ0) is 19.0. The molecule has 0 spiro atoms. The largest absolute Gasteiger partial charge is 0.398 e. The molecule has 0 fully saturated rings. The Morgan fingerprint density at radius 3 is 2.56 bits per heavy atom. The van der Waals surface area contributed by atoms with E-state index in [0.717, 1.165) is 39.2 Å². The molecule has 0 aliphatic heterocycles. The Bertz CT molecular complexity index is 1130. The van der Waals surface area contributed by atoms with Crippen molar-refractivity contribution in [3.63, 3.8) is 0 Å². The monoisotopic (exact) mass is 356 g/mol. The molecule has 0 aliphatic carbocycles. The summed E-state index contributed by atoms with van der Waals surface area (Å²) in [6.45, 7) is 3.87. The fourth-order valence-electron chi connectivity index (χ4n) is 2.97. The van der Waals surface area contributed by atoms with Crippen molar-refractivity contribution >= 4 is 28.3 Å². The molecule has 0 atom stereocenters. The first-order valence-electron chi connectivity index (χ1n) is 8.74. The first kappa shape index (κ1) is 16.8. The minimum Gasteiger partial charge on any atom is -0.398 e. The molecule has 0 radical (unpaired) electrons. The summed E-state index contributed by atoms with van der Waals surface area (Å²) in [5.41, 5.74) is 12.5. The van der Waals surface area contributed by atoms with Crippen LogP contribution in [0.2, 0.25) is 0 Å². The number of rotatable bonds is 3. The number of amides is 1. The molecule has 1 aromatic heterocycles. The number of imidazole rings is 1. The van der Waals surface area contributed by atoms with Gasteiger partial charge in [-0.05, 0) is 55.3 Å². The Morgan fingerprint density at radius 2 is 1.78 bits per heavy atom. The number of hydrogen-bond donors (Lipinski definition) is 3. The third-order valence-electron chi connectivity index (χ3n) is 4.69. The predicted molar refractivity (Wildman–Crippen MR) is 110 cm³/mol. The van der Waals surface area contributed by atoms with Crippen LogP contribution in [-0.4, -0.2) is 15.9 Å². The van der Waals surface area contributed by atoms with Crippen molar-refractivity contribution in [2.45, 2.75) is 13.8 Å². The molecule has 4 aromatic rings. The van der Waals surface area contributed by atoms with E-state index < -0.39 is 0 Å². The molecule has 134 valence electrons. The highest BCUT2D eigenvalue weighted by Gasteiger charge is 2.11. The zero-order valence-electron chi connectivity index (χ0n) is 15.2. The summed E-state index contributed by atoms with van der Waals surface area (Å²) in [6.07, 6.45) is 0. The number of H-pyrrole nitrogens is 1. The van der Waals surface area contributed by atoms with Gasteiger partial charge in [0.15, 0.2) is 0 Å². The minimum absolute atomic E-state index is 0.188. The van der Waals surface area contributed by atoms with Crippen LogP contribution in [0.15, 0.2) is 60.7 Å². The van der Waals surface area contributed by atoms with Gasteiger partial charge in [-0.15, -0.1) is 0 Å². The molecule has 1 amide bonds. The third kappa shape index (κ3) is 3.27. The number of hydrogen-bond acceptors (Lipinski definition) is 3. The highest BCUT2D eigenvalue weighted by atomic mass is 16.1. The highest BCUT2D eigenvalue weighted by molar-refractivity contribution is 6.05. The summed E-state index contributed by atoms with van der Waals surface area (Å²) in [6, 6.07) is 19.1. The Hall–Kier alpha value is -3.60. The smallest absolute Gasteiger partial charge is 0.255 e. The van der Waals surface area contributed by atoms with E-state index in [1.807, 2.05) is 62.4 Å². The first-order chi connectivity index (χ1) is 13.0. The Balaban J connectivity index is 1.66. The molecule has 5 nitrogen and oxygen atoms in total. The maximum absolute atomic E-state index is 12.6. The number of nitrogens with one attached hydrogen (secondary N) is 2. The first-order valence-corrected chi connectivity index (χ1v) is 8.74. The molecule has 1 heterocycles. The van der Waals surface area contributed by atoms with Crippen LogP contribution in [0.4, 0.5) is 11.4 Å². The van der Waals surface area contributed by atoms with Crippen LogP contribution in [0.3, 0.4) is 0 Å². The van der Waals surface area contributed by atoms with Crippen LogP contribution in [-0.2, 0) is 0 Å². The minimum atomic E-state index is -0.188. The molecule has 0 saturated heterocycles. The Morgan fingerprint density at radius 1 is 1.00 bits per heavy atom. The van der Waals surface area contributed by atoms with Crippen molar-refractivity contribution < 1.29 is 4.79 Å². The van der Waals surface area contributed by atoms with Gasteiger partial charge >= 0.3 is 0 Å². The van der Waals surface area contributed by atoms with Gasteiger partial charge in [0, 0.05) is 22.5 Å². The van der Waals surface area contributed by atoms with Gasteiger partial charge < -0.3 is 16.0 Å². The van der Waals surface area contributed by atoms with E-state index in [1.165, 1.54) is 0 Å². The molecular formula is C22H20N4O. The van der Waals surface area contributed by atoms with Crippen LogP contribution in [0.1, 0.15) is 21.5 Å². The van der Waals surface area contributed by atoms with Crippen molar-refractivity contribution in [2.75, 3.05) is 11.1 Å². The number of anilines is 2. The number of nitrogen functional groups attached to an aromatic ring is 1. The standard InChI is InChI=1S/C22H20N4O/c1-13-7-10-16(11-17(13)23)22(27)26-20-12-15(9-8-14(20)2)21-24-18-5-3-4-6-19(18)25-21/h3-12H,23H2,1-2H3,(H,24,25)(H,26,27). The van der Waals surface area contributed by atoms with Crippen LogP contribution in [0.5, 0.6) is 0 Å². The lowest BCUT2D eigenvalue weighted by Crippen LogP contribution is -2.13. The molecular weight excluding hydrogens is 336 g/mol. The lowest BCUT2D eigenvalue weighted by Gasteiger charge is -2.11. The second-order valence-corrected chi connectivity index (χ2v) is 6.66. The van der Waals surface area contributed by atoms with Gasteiger partial charge in [-0.25, -0.2) is 4.98 Å². The van der Waals surface area contributed by atoms with E-state index >= 15 is 0 Å². The summed E-state index contributed by atoms with van der Waals surface area (Å²) >= 11 is 0. The topological polar surface area (TPSA) is 83.8 Å². The number of aromatic nitrogens is 2. The maximum atomic E-state index is 12.6. The zero-order valence-corrected chi connectivity index (χ0v) is 15.2. The summed E-state index contributed by atoms with van der Waals surface area (Å²) in [5, 5.41) is 2.98. The normalized spacial score (nSPS) is 10.9. The fraction of sp³-hybridized carbons (Fsp3) is 0.0909. The molecule has 0 bridgehead atoms. The van der Waals surface area contributed by atoms with Gasteiger partial charge in [-0.1, -0.05) is 30.3 Å². The number of fused-ring (bicyclic) bond motifs is 1. The van der Waals surface area contributed by atoms with E-state index in [1.54, 1.807) is 12.1 Å². The van der Waals surface area contributed by atoms with Crippen LogP contribution in [0, 0.1) is 13.8 Å². The second-order valence-electron chi connectivity index (χ2n) is 6.66. The SMILES string of the molecule is Cc1ccc(C(=O)Nc2cc(-c3nc4ccccc4[nH]3)ccc2C)cc1N. The van der Waals surface area contributed by atoms with Gasteiger partial charge in [0.2, 0.25) is 0 Å². The molecule has 5 heteroatoms. The average molecular weight is 356 g/mol. The summed E-state index contributed by atoms with van der Waals surface area (Å²) < 4.78 is 0. The van der Waals surface area contributed by atoms with Gasteiger partial charge in [-0.3, -0.25) is 4.79 Å². The lowest BCUT2D eigenvalue weighted by atomic mass is 10.1. The van der Waals surface area contributed by atoms with Crippen molar-refractivity contribution in [1.82, 2.24) is 9.97 Å². The number of para-hydroxylation sites is 2. The molecule has 0 unspecified atom stereocenters. The van der Waals surface area contributed by atoms with Crippen molar-refractivity contribution in [3.05, 3.63) is 77.4 Å². The number of nitrogens with zero attached hydrogens (tertiary/aromatic N) is 1. The molecule has 4 N–H and O–H groups in total. The molecule has 0 aliphatic rings. The van der Waals surface area contributed by atoms with Gasteiger partial charge in [-0.2, -0.15) is 0 Å². The van der Waals surface area contributed by atoms with E-state index in [9.17, 15) is 4.79 Å². The van der Waals surface area contributed by atoms with E-state index in [2.05, 4.69) is 15.3 Å². The highest BCUT2D eigenvalue weighted by Crippen LogP contribution is 2.26. The number of carbonyl (C=O) groups excluding carboxylic acids is 1. The quantitative estimate of drug-likeness (QED) is 0.466. The van der Waals surface area contributed by atoms with Crippen molar-refractivity contribution in [1.29, 1.82) is 0 Å². The average Bonchev–Trinajstić information content (AvgIpc) is 3.10.